The molecule has 1 atom stereocenters. The molecule has 1 heterocycles. The summed E-state index contributed by atoms with van der Waals surface area (Å²) >= 11 is 0. The van der Waals surface area contributed by atoms with E-state index in [1.807, 2.05) is 29.1 Å². The van der Waals surface area contributed by atoms with E-state index in [2.05, 4.69) is 29.5 Å². The van der Waals surface area contributed by atoms with Gasteiger partial charge in [-0.2, -0.15) is 5.10 Å². The molecule has 0 aliphatic carbocycles. The minimum Gasteiger partial charge on any atom is -0.392 e. The molecule has 0 amide bonds. The van der Waals surface area contributed by atoms with Gasteiger partial charge in [0.1, 0.15) is 0 Å². The number of hydrogen-bond donors (Lipinski definition) is 2. The monoisotopic (exact) mass is 259 g/mol. The standard InChI is InChI=1S/C15H21N3O/c1-2-4-15(19)12-16-11-13-5-7-14(8-6-13)18-10-3-9-17-18/h3,5-10,15-16,19H,2,4,11-12H2,1H3. The number of nitrogens with one attached hydrogen (secondary N) is 1. The number of rotatable bonds is 7. The fourth-order valence-corrected chi connectivity index (χ4v) is 2.01. The number of aromatic nitrogens is 2. The third kappa shape index (κ3) is 4.19. The van der Waals surface area contributed by atoms with Crippen LogP contribution >= 0.6 is 0 Å². The summed E-state index contributed by atoms with van der Waals surface area (Å²) in [6.07, 6.45) is 5.32. The molecule has 19 heavy (non-hydrogen) atoms. The summed E-state index contributed by atoms with van der Waals surface area (Å²) in [7, 11) is 0. The Bertz CT molecular complexity index is 465. The molecule has 0 aliphatic rings. The van der Waals surface area contributed by atoms with Crippen LogP contribution in [-0.2, 0) is 6.54 Å². The lowest BCUT2D eigenvalue weighted by atomic mass is 10.2. The van der Waals surface area contributed by atoms with Crippen molar-refractivity contribution in [2.45, 2.75) is 32.4 Å². The topological polar surface area (TPSA) is 50.1 Å². The third-order valence-electron chi connectivity index (χ3n) is 3.04. The molecule has 0 saturated heterocycles. The van der Waals surface area contributed by atoms with Gasteiger partial charge in [0.05, 0.1) is 11.8 Å². The van der Waals surface area contributed by atoms with Crippen molar-refractivity contribution in [1.82, 2.24) is 15.1 Å². The highest BCUT2D eigenvalue weighted by Crippen LogP contribution is 2.08. The first-order chi connectivity index (χ1) is 9.29. The van der Waals surface area contributed by atoms with Crippen LogP contribution in [0.25, 0.3) is 5.69 Å². The van der Waals surface area contributed by atoms with Crippen molar-refractivity contribution in [3.63, 3.8) is 0 Å². The second-order valence-electron chi connectivity index (χ2n) is 4.69. The van der Waals surface area contributed by atoms with Crippen LogP contribution in [0.4, 0.5) is 0 Å². The molecule has 0 saturated carbocycles. The summed E-state index contributed by atoms with van der Waals surface area (Å²) in [5.74, 6) is 0. The van der Waals surface area contributed by atoms with E-state index in [4.69, 9.17) is 0 Å². The average molecular weight is 259 g/mol. The maximum atomic E-state index is 9.62. The molecule has 1 aromatic heterocycles. The van der Waals surface area contributed by atoms with Gasteiger partial charge in [0.2, 0.25) is 0 Å². The second kappa shape index (κ2) is 7.07. The predicted octanol–water partition coefficient (Wildman–Crippen LogP) is 2.12. The van der Waals surface area contributed by atoms with E-state index in [1.165, 1.54) is 5.56 Å². The van der Waals surface area contributed by atoms with E-state index in [0.717, 1.165) is 25.1 Å². The zero-order chi connectivity index (χ0) is 13.5. The van der Waals surface area contributed by atoms with Crippen molar-refractivity contribution < 1.29 is 5.11 Å². The number of benzene rings is 1. The maximum absolute atomic E-state index is 9.62. The Kier molecular flexibility index (Phi) is 5.12. The Morgan fingerprint density at radius 2 is 2.11 bits per heavy atom. The molecule has 102 valence electrons. The van der Waals surface area contributed by atoms with Gasteiger partial charge in [-0.15, -0.1) is 0 Å². The Labute approximate surface area is 114 Å². The van der Waals surface area contributed by atoms with Crippen LogP contribution in [0.5, 0.6) is 0 Å². The average Bonchev–Trinajstić information content (AvgIpc) is 2.94. The van der Waals surface area contributed by atoms with E-state index in [9.17, 15) is 5.11 Å². The van der Waals surface area contributed by atoms with Gasteiger partial charge in [0.25, 0.3) is 0 Å². The predicted molar refractivity (Wildman–Crippen MR) is 76.2 cm³/mol. The van der Waals surface area contributed by atoms with Crippen molar-refractivity contribution in [3.05, 3.63) is 48.3 Å². The molecule has 1 aromatic carbocycles. The molecule has 1 unspecified atom stereocenters. The Hall–Kier alpha value is -1.65. The van der Waals surface area contributed by atoms with Crippen LogP contribution in [0.15, 0.2) is 42.7 Å². The van der Waals surface area contributed by atoms with Gasteiger partial charge >= 0.3 is 0 Å². The largest absolute Gasteiger partial charge is 0.392 e. The van der Waals surface area contributed by atoms with Gasteiger partial charge in [0, 0.05) is 25.5 Å². The lowest BCUT2D eigenvalue weighted by Crippen LogP contribution is -2.26. The normalized spacial score (nSPS) is 12.5. The molecule has 2 aromatic rings. The minimum atomic E-state index is -0.242. The van der Waals surface area contributed by atoms with Crippen LogP contribution in [0.3, 0.4) is 0 Å². The third-order valence-corrected chi connectivity index (χ3v) is 3.04. The van der Waals surface area contributed by atoms with E-state index in [-0.39, 0.29) is 6.10 Å². The number of nitrogens with zero attached hydrogens (tertiary/aromatic N) is 2. The van der Waals surface area contributed by atoms with Gasteiger partial charge in [-0.1, -0.05) is 25.5 Å². The summed E-state index contributed by atoms with van der Waals surface area (Å²) in [4.78, 5) is 0. The quantitative estimate of drug-likeness (QED) is 0.801. The van der Waals surface area contributed by atoms with Crippen LogP contribution in [-0.4, -0.2) is 27.5 Å². The van der Waals surface area contributed by atoms with E-state index >= 15 is 0 Å². The highest BCUT2D eigenvalue weighted by Gasteiger charge is 2.02. The first-order valence-corrected chi connectivity index (χ1v) is 6.77. The highest BCUT2D eigenvalue weighted by atomic mass is 16.3. The van der Waals surface area contributed by atoms with Crippen LogP contribution in [0.2, 0.25) is 0 Å². The SMILES string of the molecule is CCCC(O)CNCc1ccc(-n2cccn2)cc1. The Balaban J connectivity index is 1.82. The van der Waals surface area contributed by atoms with Crippen molar-refractivity contribution in [3.8, 4) is 5.69 Å². The van der Waals surface area contributed by atoms with E-state index in [1.54, 1.807) is 6.20 Å². The fourth-order valence-electron chi connectivity index (χ4n) is 2.01. The molecule has 4 heteroatoms. The molecule has 0 bridgehead atoms. The molecule has 0 aliphatic heterocycles. The summed E-state index contributed by atoms with van der Waals surface area (Å²) in [5, 5.41) is 17.1. The number of aliphatic hydroxyl groups is 1. The zero-order valence-electron chi connectivity index (χ0n) is 11.3. The highest BCUT2D eigenvalue weighted by molar-refractivity contribution is 5.33. The molecule has 4 nitrogen and oxygen atoms in total. The molecular weight excluding hydrogens is 238 g/mol. The van der Waals surface area contributed by atoms with Crippen molar-refractivity contribution in [1.29, 1.82) is 0 Å². The van der Waals surface area contributed by atoms with Gasteiger partial charge < -0.3 is 10.4 Å². The molecule has 0 radical (unpaired) electrons. The van der Waals surface area contributed by atoms with Crippen LogP contribution in [0, 0.1) is 0 Å². The van der Waals surface area contributed by atoms with Crippen LogP contribution in [0.1, 0.15) is 25.3 Å². The van der Waals surface area contributed by atoms with Crippen molar-refractivity contribution in [2.75, 3.05) is 6.54 Å². The molecule has 2 rings (SSSR count). The summed E-state index contributed by atoms with van der Waals surface area (Å²) in [6, 6.07) is 10.2. The minimum absolute atomic E-state index is 0.242. The summed E-state index contributed by atoms with van der Waals surface area (Å²) < 4.78 is 1.84. The zero-order valence-corrected chi connectivity index (χ0v) is 11.3. The Morgan fingerprint density at radius 1 is 1.32 bits per heavy atom. The maximum Gasteiger partial charge on any atom is 0.0664 e. The smallest absolute Gasteiger partial charge is 0.0664 e. The lowest BCUT2D eigenvalue weighted by molar-refractivity contribution is 0.160. The van der Waals surface area contributed by atoms with Gasteiger partial charge in [-0.05, 0) is 30.2 Å². The molecule has 0 fully saturated rings. The Morgan fingerprint density at radius 3 is 2.74 bits per heavy atom. The second-order valence-corrected chi connectivity index (χ2v) is 4.69. The van der Waals surface area contributed by atoms with Gasteiger partial charge in [-0.3, -0.25) is 0 Å². The van der Waals surface area contributed by atoms with Gasteiger partial charge in [-0.25, -0.2) is 4.68 Å². The van der Waals surface area contributed by atoms with Crippen LogP contribution < -0.4 is 5.32 Å². The first kappa shape index (κ1) is 13.8. The summed E-state index contributed by atoms with van der Waals surface area (Å²) in [5.41, 5.74) is 2.26. The number of aliphatic hydroxyl groups excluding tert-OH is 1. The molecular formula is C15H21N3O. The fraction of sp³-hybridized carbons (Fsp3) is 0.400. The van der Waals surface area contributed by atoms with E-state index in [0.29, 0.717) is 6.54 Å². The lowest BCUT2D eigenvalue weighted by Gasteiger charge is -2.11. The van der Waals surface area contributed by atoms with Crippen molar-refractivity contribution in [2.24, 2.45) is 0 Å². The first-order valence-electron chi connectivity index (χ1n) is 6.77. The van der Waals surface area contributed by atoms with Gasteiger partial charge in [0.15, 0.2) is 0 Å². The molecule has 0 spiro atoms. The number of hydrogen-bond acceptors (Lipinski definition) is 3. The molecule has 2 N–H and O–H groups in total. The summed E-state index contributed by atoms with van der Waals surface area (Å²) in [6.45, 7) is 3.51. The van der Waals surface area contributed by atoms with Crippen molar-refractivity contribution >= 4 is 0 Å². The van der Waals surface area contributed by atoms with E-state index < -0.39 is 0 Å².